The Balaban J connectivity index is -0.0000000326. The third kappa shape index (κ3) is 111. The molecule has 0 fully saturated rings. The van der Waals surface area contributed by atoms with E-state index in [2.05, 4.69) is 0 Å². The predicted octanol–water partition coefficient (Wildman–Crippen LogP) is -2.16. The molecule has 2 N–H and O–H groups in total. The van der Waals surface area contributed by atoms with E-state index in [0.717, 1.165) is 0 Å². The summed E-state index contributed by atoms with van der Waals surface area (Å²) >= 11 is -0.931. The Morgan fingerprint density at radius 3 is 1.33 bits per heavy atom. The Kier molecular flexibility index (Phi) is 21.1. The first-order valence-electron chi connectivity index (χ1n) is 1.23. The number of halogens is 2. The number of hydrogen-bond donors (Lipinski definition) is 2. The molecule has 0 rings (SSSR count). The summed E-state index contributed by atoms with van der Waals surface area (Å²) in [4.78, 5) is 0. The summed E-state index contributed by atoms with van der Waals surface area (Å²) in [6.07, 6.45) is 0. The maximum atomic E-state index is 8.74. The summed E-state index contributed by atoms with van der Waals surface area (Å²) in [6.45, 7) is 0. The standard InChI is InChI=1S/2ClH.K.H2O4S.Zn.H/c;;;1-5(2,3)4;;/h2*1H;;(H2,1,2,3,4);;/q;;+1;;+2;-1/p-2. The summed E-state index contributed by atoms with van der Waals surface area (Å²) in [5, 5.41) is 0. The maximum Gasteiger partial charge on any atom is 1.00 e. The van der Waals surface area contributed by atoms with Crippen LogP contribution in [0.25, 0.3) is 0 Å². The van der Waals surface area contributed by atoms with Gasteiger partial charge in [0.25, 0.3) is 0 Å². The van der Waals surface area contributed by atoms with Gasteiger partial charge in [-0.05, 0) is 0 Å². The zero-order chi connectivity index (χ0) is 7.21. The first kappa shape index (κ1) is 17.7. The Morgan fingerprint density at radius 2 is 1.33 bits per heavy atom. The molecule has 0 heterocycles. The van der Waals surface area contributed by atoms with Gasteiger partial charge in [0.2, 0.25) is 0 Å². The third-order valence-corrected chi connectivity index (χ3v) is 0. The van der Waals surface area contributed by atoms with Gasteiger partial charge >= 0.3 is 96.3 Å². The van der Waals surface area contributed by atoms with Gasteiger partial charge < -0.3 is 1.43 Å². The summed E-state index contributed by atoms with van der Waals surface area (Å²) in [5.41, 5.74) is 0. The van der Waals surface area contributed by atoms with E-state index in [1.165, 1.54) is 0 Å². The fourth-order valence-corrected chi connectivity index (χ4v) is 0. The normalized spacial score (nSPS) is 7.56. The Labute approximate surface area is 113 Å². The molecule has 0 spiro atoms. The van der Waals surface area contributed by atoms with Crippen LogP contribution in [0.3, 0.4) is 0 Å². The molecule has 0 aromatic rings. The fourth-order valence-electron chi connectivity index (χ4n) is 0. The minimum atomic E-state index is -4.67. The molecule has 0 aromatic heterocycles. The van der Waals surface area contributed by atoms with Crippen molar-refractivity contribution < 1.29 is 85.5 Å². The Bertz CT molecular complexity index is 117. The van der Waals surface area contributed by atoms with Gasteiger partial charge in [0.05, 0.1) is 0 Å². The van der Waals surface area contributed by atoms with E-state index in [4.69, 9.17) is 36.9 Å². The third-order valence-electron chi connectivity index (χ3n) is 0. The second kappa shape index (κ2) is 10.7. The molecule has 9 heavy (non-hydrogen) atoms. The summed E-state index contributed by atoms with van der Waals surface area (Å²) in [7, 11) is 5.24. The molecule has 0 saturated carbocycles. The molecule has 4 nitrogen and oxygen atoms in total. The van der Waals surface area contributed by atoms with Crippen molar-refractivity contribution >= 4 is 29.8 Å². The molecule has 0 aliphatic rings. The van der Waals surface area contributed by atoms with E-state index in [1.54, 1.807) is 0 Å². The molecule has 0 amide bonds. The van der Waals surface area contributed by atoms with Crippen LogP contribution in [-0.2, 0) is 25.5 Å². The van der Waals surface area contributed by atoms with Crippen LogP contribution in [0.15, 0.2) is 0 Å². The van der Waals surface area contributed by atoms with Crippen molar-refractivity contribution in [3.63, 3.8) is 0 Å². The Morgan fingerprint density at radius 1 is 1.33 bits per heavy atom. The first-order chi connectivity index (χ1) is 3.41. The number of rotatable bonds is 0. The molecule has 0 radical (unpaired) electrons. The average Bonchev–Trinajstić information content (AvgIpc) is 1.27. The van der Waals surface area contributed by atoms with E-state index in [9.17, 15) is 0 Å². The fraction of sp³-hybridized carbons (Fsp3) is 0. The zero-order valence-corrected chi connectivity index (χ0v) is 13.0. The molecule has 0 aliphatic carbocycles. The van der Waals surface area contributed by atoms with Crippen LogP contribution in [0.5, 0.6) is 0 Å². The van der Waals surface area contributed by atoms with E-state index < -0.39 is 25.5 Å². The molecule has 0 saturated heterocycles. The Hall–Kier alpha value is 2.71. The molecule has 0 atom stereocenters. The smallest absolute Gasteiger partial charge is 1.00 e. The minimum absolute atomic E-state index is 0. The van der Waals surface area contributed by atoms with E-state index in [-0.39, 0.29) is 52.8 Å². The van der Waals surface area contributed by atoms with Crippen LogP contribution in [0, 0.1) is 0 Å². The predicted molar refractivity (Wildman–Crippen MR) is 27.0 cm³/mol. The van der Waals surface area contributed by atoms with Crippen LogP contribution in [0.4, 0.5) is 0 Å². The van der Waals surface area contributed by atoms with Crippen molar-refractivity contribution in [2.45, 2.75) is 0 Å². The van der Waals surface area contributed by atoms with Gasteiger partial charge in [0.1, 0.15) is 0 Å². The van der Waals surface area contributed by atoms with E-state index >= 15 is 0 Å². The molecule has 0 unspecified atom stereocenters. The monoisotopic (exact) mass is 272 g/mol. The second-order valence-electron chi connectivity index (χ2n) is 0.549. The van der Waals surface area contributed by atoms with Gasteiger partial charge in [-0.25, -0.2) is 0 Å². The first-order valence-corrected chi connectivity index (χ1v) is 10.4. The average molecular weight is 274 g/mol. The van der Waals surface area contributed by atoms with Gasteiger partial charge in [0, 0.05) is 0 Å². The van der Waals surface area contributed by atoms with Crippen molar-refractivity contribution in [2.24, 2.45) is 0 Å². The van der Waals surface area contributed by atoms with Gasteiger partial charge in [-0.3, -0.25) is 9.11 Å². The van der Waals surface area contributed by atoms with Crippen molar-refractivity contribution in [2.75, 3.05) is 0 Å². The van der Waals surface area contributed by atoms with Crippen molar-refractivity contribution in [3.8, 4) is 0 Å². The number of hydrogen-bond acceptors (Lipinski definition) is 2. The molecule has 0 aliphatic heterocycles. The van der Waals surface area contributed by atoms with E-state index in [1.807, 2.05) is 0 Å². The molecule has 9 heteroatoms. The van der Waals surface area contributed by atoms with E-state index in [0.29, 0.717) is 0 Å². The van der Waals surface area contributed by atoms with Crippen molar-refractivity contribution in [3.05, 3.63) is 0 Å². The molecular formula is H3Cl2KO4SZn. The largest absolute Gasteiger partial charge is 1.00 e. The van der Waals surface area contributed by atoms with Crippen LogP contribution in [-0.4, -0.2) is 17.5 Å². The second-order valence-corrected chi connectivity index (χ2v) is 6.07. The quantitative estimate of drug-likeness (QED) is 0.390. The van der Waals surface area contributed by atoms with Crippen LogP contribution < -0.4 is 51.4 Å². The minimum Gasteiger partial charge on any atom is -1.00 e. The van der Waals surface area contributed by atoms with Gasteiger partial charge in [0.15, 0.2) is 0 Å². The van der Waals surface area contributed by atoms with Gasteiger partial charge in [-0.15, -0.1) is 0 Å². The van der Waals surface area contributed by atoms with Crippen molar-refractivity contribution in [1.29, 1.82) is 0 Å². The molecular weight excluding hydrogens is 271 g/mol. The summed E-state index contributed by atoms with van der Waals surface area (Å²) in [6, 6.07) is 0. The topological polar surface area (TPSA) is 74.6 Å². The van der Waals surface area contributed by atoms with Crippen molar-refractivity contribution in [1.82, 2.24) is 0 Å². The van der Waals surface area contributed by atoms with Crippen LogP contribution in [0.1, 0.15) is 1.43 Å². The molecule has 50 valence electrons. The molecule has 0 aromatic carbocycles. The maximum absolute atomic E-state index is 8.74. The summed E-state index contributed by atoms with van der Waals surface area (Å²) in [5.74, 6) is 0. The van der Waals surface area contributed by atoms with Gasteiger partial charge in [-0.1, -0.05) is 0 Å². The zero-order valence-electron chi connectivity index (χ0n) is 5.58. The molecule has 0 bridgehead atoms. The van der Waals surface area contributed by atoms with Gasteiger partial charge in [-0.2, -0.15) is 8.42 Å². The summed E-state index contributed by atoms with van der Waals surface area (Å²) < 4.78 is 31.6. The van der Waals surface area contributed by atoms with Crippen LogP contribution in [0.2, 0.25) is 0 Å². The van der Waals surface area contributed by atoms with Crippen LogP contribution >= 0.6 is 19.4 Å². The SMILES string of the molecule is O=S(=O)(O)O.[Cl][Zn][Cl].[H-].[K+].